The average molecular weight is 270 g/mol. The first kappa shape index (κ1) is 12.1. The monoisotopic (exact) mass is 270 g/mol. The van der Waals surface area contributed by atoms with Gasteiger partial charge in [0.05, 0.1) is 6.20 Å². The molecule has 0 saturated heterocycles. The Kier molecular flexibility index (Phi) is 2.95. The number of hydrogen-bond acceptors (Lipinski definition) is 3. The Labute approximate surface area is 115 Å². The van der Waals surface area contributed by atoms with Crippen LogP contribution in [0.4, 0.5) is 0 Å². The Hall–Kier alpha value is -1.94. The van der Waals surface area contributed by atoms with Gasteiger partial charge in [-0.2, -0.15) is 0 Å². The zero-order chi connectivity index (χ0) is 13.4. The number of nitrogens with zero attached hydrogens (tertiary/aromatic N) is 2. The number of carbonyl (C=O) groups is 1. The maximum atomic E-state index is 11.0. The third-order valence-corrected chi connectivity index (χ3v) is 4.60. The van der Waals surface area contributed by atoms with Crippen LogP contribution >= 0.6 is 11.3 Å². The van der Waals surface area contributed by atoms with E-state index in [0.29, 0.717) is 5.69 Å². The molecule has 0 fully saturated rings. The van der Waals surface area contributed by atoms with Gasteiger partial charge < -0.3 is 0 Å². The molecular weight excluding hydrogens is 256 g/mol. The van der Waals surface area contributed by atoms with E-state index in [-0.39, 0.29) is 0 Å². The fourth-order valence-electron chi connectivity index (χ4n) is 2.29. The molecule has 19 heavy (non-hydrogen) atoms. The Bertz CT molecular complexity index is 755. The van der Waals surface area contributed by atoms with Crippen LogP contribution < -0.4 is 0 Å². The normalized spacial score (nSPS) is 11.1. The SMILES string of the molecule is Cc1ccccc1Cc1sc2ncc(C=O)n2c1C. The average Bonchev–Trinajstić information content (AvgIpc) is 2.94. The van der Waals surface area contributed by atoms with E-state index in [1.165, 1.54) is 16.0 Å². The van der Waals surface area contributed by atoms with Crippen molar-refractivity contribution < 1.29 is 4.79 Å². The zero-order valence-electron chi connectivity index (χ0n) is 10.9. The van der Waals surface area contributed by atoms with Crippen LogP contribution in [0, 0.1) is 13.8 Å². The van der Waals surface area contributed by atoms with Gasteiger partial charge in [0.25, 0.3) is 0 Å². The number of fused-ring (bicyclic) bond motifs is 1. The van der Waals surface area contributed by atoms with Crippen molar-refractivity contribution in [2.24, 2.45) is 0 Å². The van der Waals surface area contributed by atoms with E-state index in [4.69, 9.17) is 0 Å². The molecule has 2 aromatic heterocycles. The molecule has 1 aromatic carbocycles. The van der Waals surface area contributed by atoms with Crippen molar-refractivity contribution in [3.63, 3.8) is 0 Å². The lowest BCUT2D eigenvalue weighted by atomic mass is 10.0. The summed E-state index contributed by atoms with van der Waals surface area (Å²) >= 11 is 1.66. The fraction of sp³-hybridized carbons (Fsp3) is 0.200. The lowest BCUT2D eigenvalue weighted by Gasteiger charge is -2.04. The topological polar surface area (TPSA) is 34.4 Å². The van der Waals surface area contributed by atoms with Crippen molar-refractivity contribution in [3.05, 3.63) is 57.9 Å². The van der Waals surface area contributed by atoms with Crippen LogP contribution in [0.25, 0.3) is 4.96 Å². The first-order chi connectivity index (χ1) is 9.20. The molecule has 0 aliphatic carbocycles. The second-order valence-corrected chi connectivity index (χ2v) is 5.69. The summed E-state index contributed by atoms with van der Waals surface area (Å²) in [7, 11) is 0. The highest BCUT2D eigenvalue weighted by Gasteiger charge is 2.13. The Morgan fingerprint density at radius 1 is 1.32 bits per heavy atom. The molecule has 4 heteroatoms. The second kappa shape index (κ2) is 4.63. The number of rotatable bonds is 3. The minimum absolute atomic E-state index is 0.625. The van der Waals surface area contributed by atoms with Gasteiger partial charge >= 0.3 is 0 Å². The summed E-state index contributed by atoms with van der Waals surface area (Å²) in [6.45, 7) is 4.17. The highest BCUT2D eigenvalue weighted by atomic mass is 32.1. The molecule has 0 saturated carbocycles. The summed E-state index contributed by atoms with van der Waals surface area (Å²) in [6.07, 6.45) is 3.38. The van der Waals surface area contributed by atoms with E-state index in [0.717, 1.165) is 23.4 Å². The molecule has 3 rings (SSSR count). The van der Waals surface area contributed by atoms with E-state index in [1.54, 1.807) is 17.5 Å². The molecule has 0 N–H and O–H groups in total. The van der Waals surface area contributed by atoms with E-state index in [1.807, 2.05) is 11.3 Å². The van der Waals surface area contributed by atoms with Gasteiger partial charge in [-0.1, -0.05) is 24.3 Å². The first-order valence-corrected chi connectivity index (χ1v) is 6.97. The molecule has 0 amide bonds. The smallest absolute Gasteiger partial charge is 0.194 e. The van der Waals surface area contributed by atoms with Crippen LogP contribution in [0.5, 0.6) is 0 Å². The summed E-state index contributed by atoms with van der Waals surface area (Å²) < 4.78 is 1.94. The lowest BCUT2D eigenvalue weighted by molar-refractivity contribution is 0.111. The van der Waals surface area contributed by atoms with Gasteiger partial charge in [-0.3, -0.25) is 9.20 Å². The van der Waals surface area contributed by atoms with Crippen LogP contribution in [-0.4, -0.2) is 15.7 Å². The molecule has 2 heterocycles. The summed E-state index contributed by atoms with van der Waals surface area (Å²) in [6, 6.07) is 8.39. The third-order valence-electron chi connectivity index (χ3n) is 3.44. The number of aldehydes is 1. The van der Waals surface area contributed by atoms with E-state index in [9.17, 15) is 4.79 Å². The molecule has 0 aliphatic rings. The number of benzene rings is 1. The number of hydrogen-bond donors (Lipinski definition) is 0. The Morgan fingerprint density at radius 2 is 2.11 bits per heavy atom. The maximum absolute atomic E-state index is 11.0. The zero-order valence-corrected chi connectivity index (χ0v) is 11.7. The van der Waals surface area contributed by atoms with Crippen LogP contribution in [0.2, 0.25) is 0 Å². The quantitative estimate of drug-likeness (QED) is 0.683. The second-order valence-electron chi connectivity index (χ2n) is 4.63. The Balaban J connectivity index is 2.07. The van der Waals surface area contributed by atoms with Crippen molar-refractivity contribution in [2.45, 2.75) is 20.3 Å². The fourth-order valence-corrected chi connectivity index (χ4v) is 3.42. The summed E-state index contributed by atoms with van der Waals surface area (Å²) in [4.78, 5) is 17.4. The van der Waals surface area contributed by atoms with Crippen molar-refractivity contribution in [2.75, 3.05) is 0 Å². The van der Waals surface area contributed by atoms with E-state index in [2.05, 4.69) is 36.2 Å². The first-order valence-electron chi connectivity index (χ1n) is 6.16. The number of imidazole rings is 1. The molecule has 3 nitrogen and oxygen atoms in total. The molecule has 0 radical (unpaired) electrons. The minimum atomic E-state index is 0.625. The number of aromatic nitrogens is 2. The minimum Gasteiger partial charge on any atom is -0.296 e. The maximum Gasteiger partial charge on any atom is 0.194 e. The molecule has 3 aromatic rings. The molecule has 0 aliphatic heterocycles. The molecule has 96 valence electrons. The highest BCUT2D eigenvalue weighted by molar-refractivity contribution is 7.17. The van der Waals surface area contributed by atoms with Crippen LogP contribution in [0.15, 0.2) is 30.5 Å². The standard InChI is InChI=1S/C15H14N2OS/c1-10-5-3-4-6-12(10)7-14-11(2)17-13(9-18)8-16-15(17)19-14/h3-6,8-9H,7H2,1-2H3. The van der Waals surface area contributed by atoms with Crippen LogP contribution in [-0.2, 0) is 6.42 Å². The number of thiazole rings is 1. The van der Waals surface area contributed by atoms with Crippen molar-refractivity contribution in [1.29, 1.82) is 0 Å². The van der Waals surface area contributed by atoms with Crippen molar-refractivity contribution in [3.8, 4) is 0 Å². The van der Waals surface area contributed by atoms with Gasteiger partial charge in [0.15, 0.2) is 11.2 Å². The number of aryl methyl sites for hydroxylation is 2. The molecule has 0 spiro atoms. The Morgan fingerprint density at radius 3 is 2.84 bits per heavy atom. The van der Waals surface area contributed by atoms with Gasteiger partial charge in [0, 0.05) is 17.0 Å². The third kappa shape index (κ3) is 1.98. The van der Waals surface area contributed by atoms with Crippen molar-refractivity contribution in [1.82, 2.24) is 9.38 Å². The van der Waals surface area contributed by atoms with Gasteiger partial charge in [0.2, 0.25) is 0 Å². The molecular formula is C15H14N2OS. The van der Waals surface area contributed by atoms with Crippen molar-refractivity contribution >= 4 is 22.6 Å². The van der Waals surface area contributed by atoms with E-state index < -0.39 is 0 Å². The van der Waals surface area contributed by atoms with Gasteiger partial charge in [-0.25, -0.2) is 4.98 Å². The number of carbonyl (C=O) groups excluding carboxylic acids is 1. The van der Waals surface area contributed by atoms with Crippen LogP contribution in [0.3, 0.4) is 0 Å². The largest absolute Gasteiger partial charge is 0.296 e. The summed E-state index contributed by atoms with van der Waals surface area (Å²) in [5.74, 6) is 0. The summed E-state index contributed by atoms with van der Waals surface area (Å²) in [5.41, 5.74) is 4.36. The van der Waals surface area contributed by atoms with E-state index >= 15 is 0 Å². The summed E-state index contributed by atoms with van der Waals surface area (Å²) in [5, 5.41) is 0. The molecule has 0 unspecified atom stereocenters. The molecule has 0 bridgehead atoms. The predicted octanol–water partition coefficient (Wildman–Crippen LogP) is 3.42. The van der Waals surface area contributed by atoms with Gasteiger partial charge in [0.1, 0.15) is 5.69 Å². The highest BCUT2D eigenvalue weighted by Crippen LogP contribution is 2.26. The van der Waals surface area contributed by atoms with Gasteiger partial charge in [-0.05, 0) is 25.0 Å². The van der Waals surface area contributed by atoms with Gasteiger partial charge in [-0.15, -0.1) is 11.3 Å². The molecule has 0 atom stereocenters. The predicted molar refractivity (Wildman–Crippen MR) is 77.2 cm³/mol. The lowest BCUT2D eigenvalue weighted by Crippen LogP contribution is -1.95. The van der Waals surface area contributed by atoms with Crippen LogP contribution in [0.1, 0.15) is 32.2 Å².